The molecule has 0 aromatic heterocycles. The Balaban J connectivity index is 2.23. The zero-order chi connectivity index (χ0) is 23.1. The van der Waals surface area contributed by atoms with Gasteiger partial charge in [-0.1, -0.05) is 109 Å². The van der Waals surface area contributed by atoms with Gasteiger partial charge in [-0.05, 0) is 46.5 Å². The van der Waals surface area contributed by atoms with Crippen molar-refractivity contribution in [3.63, 3.8) is 0 Å². The van der Waals surface area contributed by atoms with E-state index in [0.29, 0.717) is 18.4 Å². The highest BCUT2D eigenvalue weighted by molar-refractivity contribution is 6.99. The quantitative estimate of drug-likeness (QED) is 0.433. The van der Waals surface area contributed by atoms with Crippen molar-refractivity contribution in [3.8, 4) is 0 Å². The van der Waals surface area contributed by atoms with Crippen LogP contribution < -0.4 is 10.4 Å². The monoisotopic (exact) mass is 440 g/mol. The molecule has 2 nitrogen and oxygen atoms in total. The van der Waals surface area contributed by atoms with Crippen molar-refractivity contribution < 1.29 is 9.53 Å². The summed E-state index contributed by atoms with van der Waals surface area (Å²) in [5.41, 5.74) is 0. The van der Waals surface area contributed by atoms with Crippen molar-refractivity contribution in [3.05, 3.63) is 60.7 Å². The standard InChI is InChI=1S/C28H44O2Si/c1-22(2)20-23(3)18-19-27(29)24(4)21-30-31(28(5,6)7,25-14-10-8-11-15-25)26-16-12-9-13-17-26/h8-17,22-24,27,29H,18-21H2,1-7H3/t23-,24-,27-/m1/s1. The van der Waals surface area contributed by atoms with Gasteiger partial charge in [0.2, 0.25) is 0 Å². The lowest BCUT2D eigenvalue weighted by Crippen LogP contribution is -2.67. The first kappa shape index (κ1) is 25.8. The maximum atomic E-state index is 10.9. The van der Waals surface area contributed by atoms with Gasteiger partial charge in [0.05, 0.1) is 6.10 Å². The van der Waals surface area contributed by atoms with E-state index in [-0.39, 0.29) is 17.1 Å². The second-order valence-corrected chi connectivity index (χ2v) is 15.1. The molecule has 0 heterocycles. The van der Waals surface area contributed by atoms with Crippen LogP contribution in [0.3, 0.4) is 0 Å². The van der Waals surface area contributed by atoms with Crippen molar-refractivity contribution in [1.82, 2.24) is 0 Å². The van der Waals surface area contributed by atoms with Gasteiger partial charge in [0.1, 0.15) is 0 Å². The van der Waals surface area contributed by atoms with E-state index in [1.54, 1.807) is 0 Å². The Morgan fingerprint density at radius 3 is 1.71 bits per heavy atom. The highest BCUT2D eigenvalue weighted by Gasteiger charge is 2.50. The number of rotatable bonds is 11. The zero-order valence-electron chi connectivity index (χ0n) is 20.8. The van der Waals surface area contributed by atoms with E-state index in [0.717, 1.165) is 12.8 Å². The summed E-state index contributed by atoms with van der Waals surface area (Å²) in [7, 11) is -2.54. The summed E-state index contributed by atoms with van der Waals surface area (Å²) in [6, 6.07) is 21.5. The molecular formula is C28H44O2Si. The number of hydrogen-bond donors (Lipinski definition) is 1. The number of aliphatic hydroxyl groups is 1. The van der Waals surface area contributed by atoms with Crippen molar-refractivity contribution in [2.75, 3.05) is 6.61 Å². The fraction of sp³-hybridized carbons (Fsp3) is 0.571. The van der Waals surface area contributed by atoms with E-state index in [1.165, 1.54) is 16.8 Å². The van der Waals surface area contributed by atoms with Crippen LogP contribution in [0, 0.1) is 17.8 Å². The fourth-order valence-electron chi connectivity index (χ4n) is 4.79. The Hall–Kier alpha value is -1.42. The van der Waals surface area contributed by atoms with Gasteiger partial charge in [-0.15, -0.1) is 0 Å². The largest absolute Gasteiger partial charge is 0.407 e. The molecular weight excluding hydrogens is 396 g/mol. The molecule has 1 N–H and O–H groups in total. The number of benzene rings is 2. The molecule has 2 aromatic rings. The summed E-state index contributed by atoms with van der Waals surface area (Å²) in [6.07, 6.45) is 2.81. The van der Waals surface area contributed by atoms with E-state index in [9.17, 15) is 5.11 Å². The average Bonchev–Trinajstić information content (AvgIpc) is 2.72. The van der Waals surface area contributed by atoms with Gasteiger partial charge in [0.15, 0.2) is 0 Å². The van der Waals surface area contributed by atoms with Gasteiger partial charge >= 0.3 is 0 Å². The summed E-state index contributed by atoms with van der Waals surface area (Å²) in [6.45, 7) is 16.5. The van der Waals surface area contributed by atoms with Crippen LogP contribution in [-0.2, 0) is 4.43 Å². The Labute approximate surface area is 192 Å². The molecule has 0 aliphatic rings. The summed E-state index contributed by atoms with van der Waals surface area (Å²) in [4.78, 5) is 0. The smallest absolute Gasteiger partial charge is 0.261 e. The molecule has 0 saturated heterocycles. The van der Waals surface area contributed by atoms with Crippen LogP contribution in [-0.4, -0.2) is 26.1 Å². The molecule has 0 spiro atoms. The van der Waals surface area contributed by atoms with Gasteiger partial charge in [0.25, 0.3) is 8.32 Å². The van der Waals surface area contributed by atoms with Crippen LogP contribution >= 0.6 is 0 Å². The minimum absolute atomic E-state index is 0.0356. The summed E-state index contributed by atoms with van der Waals surface area (Å²) < 4.78 is 7.00. The van der Waals surface area contributed by atoms with E-state index < -0.39 is 8.32 Å². The first-order valence-electron chi connectivity index (χ1n) is 12.0. The molecule has 0 saturated carbocycles. The zero-order valence-corrected chi connectivity index (χ0v) is 21.8. The highest BCUT2D eigenvalue weighted by atomic mass is 28.4. The molecule has 0 amide bonds. The molecule has 31 heavy (non-hydrogen) atoms. The first-order chi connectivity index (χ1) is 14.6. The molecule has 0 aliphatic carbocycles. The third-order valence-corrected chi connectivity index (χ3v) is 11.5. The van der Waals surface area contributed by atoms with Crippen LogP contribution in [0.1, 0.15) is 67.7 Å². The van der Waals surface area contributed by atoms with Gasteiger partial charge in [0, 0.05) is 12.5 Å². The molecule has 2 aromatic carbocycles. The van der Waals surface area contributed by atoms with Gasteiger partial charge in [-0.25, -0.2) is 0 Å². The van der Waals surface area contributed by atoms with E-state index >= 15 is 0 Å². The van der Waals surface area contributed by atoms with Gasteiger partial charge in [-0.3, -0.25) is 0 Å². The lowest BCUT2D eigenvalue weighted by Gasteiger charge is -2.43. The molecule has 0 aliphatic heterocycles. The molecule has 0 fully saturated rings. The number of aliphatic hydroxyl groups excluding tert-OH is 1. The van der Waals surface area contributed by atoms with E-state index in [2.05, 4.69) is 109 Å². The normalized spacial score (nSPS) is 15.6. The SMILES string of the molecule is CC(C)C[C@H](C)CC[C@@H](O)[C@H](C)CO[Si](c1ccccc1)(c1ccccc1)C(C)(C)C. The maximum Gasteiger partial charge on any atom is 0.261 e. The predicted octanol–water partition coefficient (Wildman–Crippen LogP) is 6.02. The Morgan fingerprint density at radius 2 is 1.29 bits per heavy atom. The first-order valence-corrected chi connectivity index (χ1v) is 13.9. The Morgan fingerprint density at radius 1 is 0.806 bits per heavy atom. The van der Waals surface area contributed by atoms with Crippen LogP contribution in [0.15, 0.2) is 60.7 Å². The van der Waals surface area contributed by atoms with E-state index in [4.69, 9.17) is 4.43 Å². The third kappa shape index (κ3) is 6.78. The molecule has 172 valence electrons. The lowest BCUT2D eigenvalue weighted by atomic mass is 9.91. The Kier molecular flexibility index (Phi) is 9.54. The second kappa shape index (κ2) is 11.4. The molecule has 0 radical (unpaired) electrons. The molecule has 3 heteroatoms. The van der Waals surface area contributed by atoms with Crippen molar-refractivity contribution in [1.29, 1.82) is 0 Å². The summed E-state index contributed by atoms with van der Waals surface area (Å²) in [5, 5.41) is 13.4. The molecule has 0 unspecified atom stereocenters. The maximum absolute atomic E-state index is 10.9. The van der Waals surface area contributed by atoms with Crippen LogP contribution in [0.25, 0.3) is 0 Å². The fourth-order valence-corrected chi connectivity index (χ4v) is 9.46. The third-order valence-electron chi connectivity index (χ3n) is 6.47. The van der Waals surface area contributed by atoms with Crippen molar-refractivity contribution in [2.24, 2.45) is 17.8 Å². The summed E-state index contributed by atoms with van der Waals surface area (Å²) >= 11 is 0. The van der Waals surface area contributed by atoms with Crippen LogP contribution in [0.4, 0.5) is 0 Å². The van der Waals surface area contributed by atoms with Gasteiger partial charge in [-0.2, -0.15) is 0 Å². The van der Waals surface area contributed by atoms with E-state index in [1.807, 2.05) is 0 Å². The minimum Gasteiger partial charge on any atom is -0.407 e. The van der Waals surface area contributed by atoms with Crippen molar-refractivity contribution in [2.45, 2.75) is 78.9 Å². The van der Waals surface area contributed by atoms with Crippen molar-refractivity contribution >= 4 is 18.7 Å². The Bertz CT molecular complexity index is 712. The van der Waals surface area contributed by atoms with Gasteiger partial charge < -0.3 is 9.53 Å². The highest BCUT2D eigenvalue weighted by Crippen LogP contribution is 2.37. The molecule has 0 bridgehead atoms. The minimum atomic E-state index is -2.54. The topological polar surface area (TPSA) is 29.5 Å². The molecule has 2 rings (SSSR count). The second-order valence-electron chi connectivity index (χ2n) is 10.8. The van der Waals surface area contributed by atoms with Crippen LogP contribution in [0.5, 0.6) is 0 Å². The lowest BCUT2D eigenvalue weighted by molar-refractivity contribution is 0.0690. The van der Waals surface area contributed by atoms with Crippen LogP contribution in [0.2, 0.25) is 5.04 Å². The average molecular weight is 441 g/mol. The predicted molar refractivity (Wildman–Crippen MR) is 137 cm³/mol. The number of hydrogen-bond acceptors (Lipinski definition) is 2. The molecule has 3 atom stereocenters. The summed E-state index contributed by atoms with van der Waals surface area (Å²) in [5.74, 6) is 1.47.